The second-order valence-corrected chi connectivity index (χ2v) is 5.66. The van der Waals surface area contributed by atoms with Crippen LogP contribution in [0.3, 0.4) is 0 Å². The predicted octanol–water partition coefficient (Wildman–Crippen LogP) is 4.10. The number of hydrogen-bond donors (Lipinski definition) is 0. The number of rotatable bonds is 2. The number of likely N-dealkylation sites (tertiary alicyclic amines) is 1. The van der Waals surface area contributed by atoms with Gasteiger partial charge in [0.15, 0.2) is 0 Å². The third kappa shape index (κ3) is 3.01. The van der Waals surface area contributed by atoms with Gasteiger partial charge in [-0.2, -0.15) is 0 Å². The van der Waals surface area contributed by atoms with E-state index in [-0.39, 0.29) is 0 Å². The van der Waals surface area contributed by atoms with Gasteiger partial charge in [-0.05, 0) is 61.4 Å². The first kappa shape index (κ1) is 13.2. The first-order valence-electron chi connectivity index (χ1n) is 7.58. The molecule has 104 valence electrons. The topological polar surface area (TPSA) is 16.1 Å². The highest BCUT2D eigenvalue weighted by Crippen LogP contribution is 2.23. The van der Waals surface area contributed by atoms with Gasteiger partial charge < -0.3 is 4.90 Å². The molecule has 2 heteroatoms. The van der Waals surface area contributed by atoms with E-state index in [4.69, 9.17) is 0 Å². The molecule has 20 heavy (non-hydrogen) atoms. The van der Waals surface area contributed by atoms with Gasteiger partial charge in [0.25, 0.3) is 0 Å². The Bertz CT molecular complexity index is 561. The number of allylic oxidation sites excluding steroid dienone is 5. The molecule has 0 bridgehead atoms. The van der Waals surface area contributed by atoms with Crippen LogP contribution in [-0.4, -0.2) is 23.0 Å². The van der Waals surface area contributed by atoms with E-state index in [1.807, 2.05) is 12.4 Å². The zero-order valence-corrected chi connectivity index (χ0v) is 12.2. The molecule has 0 saturated carbocycles. The zero-order valence-electron chi connectivity index (χ0n) is 12.2. The zero-order chi connectivity index (χ0) is 13.8. The Morgan fingerprint density at radius 3 is 2.65 bits per heavy atom. The quantitative estimate of drug-likeness (QED) is 0.801. The van der Waals surface area contributed by atoms with E-state index < -0.39 is 0 Å². The summed E-state index contributed by atoms with van der Waals surface area (Å²) in [6.07, 6.45) is 18.0. The van der Waals surface area contributed by atoms with Crippen molar-refractivity contribution in [3.63, 3.8) is 0 Å². The Balaban J connectivity index is 1.77. The molecule has 1 aromatic heterocycles. The van der Waals surface area contributed by atoms with Gasteiger partial charge in [0, 0.05) is 31.2 Å². The first-order valence-corrected chi connectivity index (χ1v) is 7.58. The lowest BCUT2D eigenvalue weighted by Crippen LogP contribution is -2.28. The van der Waals surface area contributed by atoms with Gasteiger partial charge in [0.05, 0.1) is 0 Å². The van der Waals surface area contributed by atoms with Crippen LogP contribution in [0.2, 0.25) is 0 Å². The molecular formula is C18H22N2. The summed E-state index contributed by atoms with van der Waals surface area (Å²) in [6, 6.07) is 2.20. The van der Waals surface area contributed by atoms with Crippen LogP contribution in [0.5, 0.6) is 0 Å². The molecule has 0 unspecified atom stereocenters. The van der Waals surface area contributed by atoms with Crippen molar-refractivity contribution in [1.29, 1.82) is 0 Å². The van der Waals surface area contributed by atoms with Gasteiger partial charge in [-0.15, -0.1) is 0 Å². The van der Waals surface area contributed by atoms with E-state index in [1.165, 1.54) is 54.7 Å². The third-order valence-electron chi connectivity index (χ3n) is 4.03. The Morgan fingerprint density at radius 1 is 1.00 bits per heavy atom. The van der Waals surface area contributed by atoms with Crippen molar-refractivity contribution < 1.29 is 0 Å². The molecular weight excluding hydrogens is 244 g/mol. The summed E-state index contributed by atoms with van der Waals surface area (Å²) in [5.74, 6) is 0. The lowest BCUT2D eigenvalue weighted by Gasteiger charge is -2.29. The normalized spacial score (nSPS) is 19.4. The van der Waals surface area contributed by atoms with Crippen LogP contribution in [0.4, 0.5) is 0 Å². The van der Waals surface area contributed by atoms with E-state index in [9.17, 15) is 0 Å². The van der Waals surface area contributed by atoms with Crippen LogP contribution in [0.1, 0.15) is 36.8 Å². The minimum Gasteiger partial charge on any atom is -0.372 e. The van der Waals surface area contributed by atoms with Crippen molar-refractivity contribution in [3.05, 3.63) is 59.6 Å². The molecule has 0 atom stereocenters. The Morgan fingerprint density at radius 2 is 1.85 bits per heavy atom. The number of aromatic nitrogens is 1. The molecule has 0 radical (unpaired) electrons. The molecule has 2 heterocycles. The largest absolute Gasteiger partial charge is 0.372 e. The summed E-state index contributed by atoms with van der Waals surface area (Å²) in [5, 5.41) is 0. The molecule has 2 nitrogen and oxygen atoms in total. The van der Waals surface area contributed by atoms with Crippen molar-refractivity contribution >= 4 is 5.57 Å². The summed E-state index contributed by atoms with van der Waals surface area (Å²) >= 11 is 0. The Labute approximate surface area is 121 Å². The number of pyridine rings is 1. The van der Waals surface area contributed by atoms with Crippen molar-refractivity contribution in [1.82, 2.24) is 9.88 Å². The van der Waals surface area contributed by atoms with Crippen molar-refractivity contribution in [2.45, 2.75) is 32.6 Å². The Hall–Kier alpha value is -1.83. The highest BCUT2D eigenvalue weighted by atomic mass is 15.1. The van der Waals surface area contributed by atoms with Crippen molar-refractivity contribution in [2.75, 3.05) is 13.1 Å². The summed E-state index contributed by atoms with van der Waals surface area (Å²) < 4.78 is 0. The standard InChI is InChI=1S/C18H22N2/c1-15-12-17(14-19-13-15)16-6-5-7-18(9-8-16)20-10-3-2-4-11-20/h6-9,12-14H,2-5,10-11H2,1H3. The van der Waals surface area contributed by atoms with Crippen LogP contribution in [0.15, 0.2) is 48.5 Å². The molecule has 1 aliphatic heterocycles. The van der Waals surface area contributed by atoms with E-state index >= 15 is 0 Å². The van der Waals surface area contributed by atoms with Crippen LogP contribution in [-0.2, 0) is 0 Å². The van der Waals surface area contributed by atoms with Gasteiger partial charge in [-0.3, -0.25) is 4.98 Å². The summed E-state index contributed by atoms with van der Waals surface area (Å²) in [4.78, 5) is 6.82. The molecule has 0 spiro atoms. The molecule has 1 aliphatic carbocycles. The molecule has 3 rings (SSSR count). The maximum atomic E-state index is 4.30. The van der Waals surface area contributed by atoms with E-state index in [0.717, 1.165) is 6.42 Å². The second-order valence-electron chi connectivity index (χ2n) is 5.66. The van der Waals surface area contributed by atoms with Crippen LogP contribution in [0, 0.1) is 6.92 Å². The average Bonchev–Trinajstić information content (AvgIpc) is 2.74. The number of nitrogens with zero attached hydrogens (tertiary/aromatic N) is 2. The van der Waals surface area contributed by atoms with Crippen LogP contribution >= 0.6 is 0 Å². The molecule has 1 fully saturated rings. The molecule has 1 saturated heterocycles. The van der Waals surface area contributed by atoms with E-state index in [0.29, 0.717) is 0 Å². The Kier molecular flexibility index (Phi) is 4.00. The predicted molar refractivity (Wildman–Crippen MR) is 84.2 cm³/mol. The molecule has 2 aliphatic rings. The average molecular weight is 266 g/mol. The lowest BCUT2D eigenvalue weighted by molar-refractivity contribution is 0.292. The van der Waals surface area contributed by atoms with Crippen molar-refractivity contribution in [2.24, 2.45) is 0 Å². The lowest BCUT2D eigenvalue weighted by atomic mass is 10.1. The smallest absolute Gasteiger partial charge is 0.0346 e. The molecule has 0 amide bonds. The van der Waals surface area contributed by atoms with E-state index in [1.54, 1.807) is 0 Å². The fraction of sp³-hybridized carbons (Fsp3) is 0.389. The molecule has 0 N–H and O–H groups in total. The second kappa shape index (κ2) is 6.08. The number of hydrogen-bond acceptors (Lipinski definition) is 2. The van der Waals surface area contributed by atoms with Crippen LogP contribution in [0.25, 0.3) is 5.57 Å². The third-order valence-corrected chi connectivity index (χ3v) is 4.03. The highest BCUT2D eigenvalue weighted by Gasteiger charge is 2.12. The van der Waals surface area contributed by atoms with Crippen LogP contribution < -0.4 is 0 Å². The minimum atomic E-state index is 1.00. The summed E-state index contributed by atoms with van der Waals surface area (Å²) in [5.41, 5.74) is 5.10. The highest BCUT2D eigenvalue weighted by molar-refractivity contribution is 5.75. The number of aryl methyl sites for hydroxylation is 1. The fourth-order valence-corrected chi connectivity index (χ4v) is 2.93. The molecule has 1 aromatic rings. The van der Waals surface area contributed by atoms with Gasteiger partial charge in [-0.25, -0.2) is 0 Å². The minimum absolute atomic E-state index is 1.00. The molecule has 0 aromatic carbocycles. The number of piperidine rings is 1. The maximum Gasteiger partial charge on any atom is 0.0346 e. The summed E-state index contributed by atoms with van der Waals surface area (Å²) in [6.45, 7) is 4.50. The van der Waals surface area contributed by atoms with Crippen molar-refractivity contribution in [3.8, 4) is 0 Å². The van der Waals surface area contributed by atoms with Gasteiger partial charge in [-0.1, -0.05) is 18.2 Å². The monoisotopic (exact) mass is 266 g/mol. The van der Waals surface area contributed by atoms with Gasteiger partial charge in [0.2, 0.25) is 0 Å². The SMILES string of the molecule is Cc1cncc(C2=CCC=C(N3CCCCC3)C=C2)c1. The maximum absolute atomic E-state index is 4.30. The first-order chi connectivity index (χ1) is 9.83. The van der Waals surface area contributed by atoms with Gasteiger partial charge >= 0.3 is 0 Å². The van der Waals surface area contributed by atoms with E-state index in [2.05, 4.69) is 47.2 Å². The summed E-state index contributed by atoms with van der Waals surface area (Å²) in [7, 11) is 0. The van der Waals surface area contributed by atoms with Gasteiger partial charge in [0.1, 0.15) is 0 Å². The fourth-order valence-electron chi connectivity index (χ4n) is 2.93.